The highest BCUT2D eigenvalue weighted by Crippen LogP contribution is 2.33. The molecule has 0 heterocycles. The van der Waals surface area contributed by atoms with E-state index in [-0.39, 0.29) is 27.9 Å². The standard InChI is InChI=1S/C11H13ClO4S/c1-7(13)4-8-5-9(12)11(16-2)10(6-8)17(3,14)15/h5-6H,4H2,1-3H3. The van der Waals surface area contributed by atoms with Gasteiger partial charge in [0.15, 0.2) is 15.6 Å². The Bertz CT molecular complexity index is 549. The van der Waals surface area contributed by atoms with E-state index in [4.69, 9.17) is 16.3 Å². The van der Waals surface area contributed by atoms with Gasteiger partial charge in [0, 0.05) is 12.7 Å². The van der Waals surface area contributed by atoms with Crippen molar-refractivity contribution >= 4 is 27.2 Å². The molecule has 0 bridgehead atoms. The molecule has 0 aliphatic carbocycles. The average Bonchev–Trinajstić information content (AvgIpc) is 2.14. The first-order valence-corrected chi connectivity index (χ1v) is 7.08. The zero-order valence-corrected chi connectivity index (χ0v) is 11.4. The molecule has 0 fully saturated rings. The number of Topliss-reactive ketones (excluding diaryl/α,β-unsaturated/α-hetero) is 1. The molecule has 4 nitrogen and oxygen atoms in total. The molecule has 1 aromatic rings. The number of hydrogen-bond acceptors (Lipinski definition) is 4. The van der Waals surface area contributed by atoms with Crippen LogP contribution in [0, 0.1) is 0 Å². The number of halogens is 1. The molecule has 6 heteroatoms. The number of sulfone groups is 1. The summed E-state index contributed by atoms with van der Waals surface area (Å²) in [6.45, 7) is 1.43. The highest BCUT2D eigenvalue weighted by Gasteiger charge is 2.19. The first kappa shape index (κ1) is 14.0. The maximum Gasteiger partial charge on any atom is 0.179 e. The van der Waals surface area contributed by atoms with Gasteiger partial charge in [0.2, 0.25) is 0 Å². The summed E-state index contributed by atoms with van der Waals surface area (Å²) in [5, 5.41) is 0.187. The second-order valence-corrected chi connectivity index (χ2v) is 6.15. The molecule has 0 spiro atoms. The molecule has 0 saturated heterocycles. The van der Waals surface area contributed by atoms with Crippen LogP contribution in [-0.4, -0.2) is 27.6 Å². The number of ether oxygens (including phenoxy) is 1. The lowest BCUT2D eigenvalue weighted by Crippen LogP contribution is -2.04. The Balaban J connectivity index is 3.44. The molecule has 0 radical (unpaired) electrons. The van der Waals surface area contributed by atoms with E-state index in [1.165, 1.54) is 26.2 Å². The third-order valence-electron chi connectivity index (χ3n) is 2.13. The van der Waals surface area contributed by atoms with E-state index in [1.807, 2.05) is 0 Å². The summed E-state index contributed by atoms with van der Waals surface area (Å²) in [5.41, 5.74) is 0.559. The SMILES string of the molecule is COc1c(Cl)cc(CC(C)=O)cc1S(C)(=O)=O. The number of methoxy groups -OCH3 is 1. The molecule has 0 aromatic heterocycles. The Morgan fingerprint density at radius 3 is 2.41 bits per heavy atom. The van der Waals surface area contributed by atoms with Crippen molar-refractivity contribution in [2.75, 3.05) is 13.4 Å². The predicted molar refractivity (Wildman–Crippen MR) is 65.5 cm³/mol. The van der Waals surface area contributed by atoms with Crippen molar-refractivity contribution in [1.82, 2.24) is 0 Å². The molecular weight excluding hydrogens is 264 g/mol. The fourth-order valence-corrected chi connectivity index (χ4v) is 2.76. The Morgan fingerprint density at radius 1 is 1.41 bits per heavy atom. The molecule has 0 aliphatic rings. The Kier molecular flexibility index (Phi) is 4.16. The number of rotatable bonds is 4. The molecule has 0 N–H and O–H groups in total. The summed E-state index contributed by atoms with van der Waals surface area (Å²) in [7, 11) is -2.10. The van der Waals surface area contributed by atoms with E-state index in [1.54, 1.807) is 0 Å². The highest BCUT2D eigenvalue weighted by molar-refractivity contribution is 7.90. The molecule has 1 aromatic carbocycles. The summed E-state index contributed by atoms with van der Waals surface area (Å²) in [5.74, 6) is 0.0483. The van der Waals surface area contributed by atoms with Crippen molar-refractivity contribution in [2.45, 2.75) is 18.2 Å². The minimum atomic E-state index is -3.45. The molecule has 94 valence electrons. The van der Waals surface area contributed by atoms with E-state index in [0.29, 0.717) is 5.56 Å². The van der Waals surface area contributed by atoms with Crippen molar-refractivity contribution in [2.24, 2.45) is 0 Å². The Hall–Kier alpha value is -1.07. The van der Waals surface area contributed by atoms with Gasteiger partial charge < -0.3 is 4.74 Å². The fraction of sp³-hybridized carbons (Fsp3) is 0.364. The Labute approximate surface area is 105 Å². The first-order chi connectivity index (χ1) is 7.75. The molecule has 17 heavy (non-hydrogen) atoms. The van der Waals surface area contributed by atoms with Crippen LogP contribution in [0.5, 0.6) is 5.75 Å². The molecule has 0 aliphatic heterocycles. The van der Waals surface area contributed by atoms with Crippen LogP contribution in [0.4, 0.5) is 0 Å². The molecule has 0 atom stereocenters. The fourth-order valence-electron chi connectivity index (χ4n) is 1.48. The van der Waals surface area contributed by atoms with Gasteiger partial charge in [-0.2, -0.15) is 0 Å². The monoisotopic (exact) mass is 276 g/mol. The maximum atomic E-state index is 11.6. The zero-order valence-electron chi connectivity index (χ0n) is 9.78. The topological polar surface area (TPSA) is 60.4 Å². The number of ketones is 1. The lowest BCUT2D eigenvalue weighted by molar-refractivity contribution is -0.116. The van der Waals surface area contributed by atoms with Crippen molar-refractivity contribution in [1.29, 1.82) is 0 Å². The molecule has 0 unspecified atom stereocenters. The Morgan fingerprint density at radius 2 is 2.00 bits per heavy atom. The van der Waals surface area contributed by atoms with Crippen LogP contribution in [0.1, 0.15) is 12.5 Å². The second kappa shape index (κ2) is 5.06. The van der Waals surface area contributed by atoms with Gasteiger partial charge in [0.25, 0.3) is 0 Å². The number of hydrogen-bond donors (Lipinski definition) is 0. The van der Waals surface area contributed by atoms with E-state index in [0.717, 1.165) is 6.26 Å². The lowest BCUT2D eigenvalue weighted by Gasteiger charge is -2.11. The first-order valence-electron chi connectivity index (χ1n) is 4.81. The van der Waals surface area contributed by atoms with E-state index >= 15 is 0 Å². The van der Waals surface area contributed by atoms with Gasteiger partial charge in [-0.3, -0.25) is 4.79 Å². The van der Waals surface area contributed by atoms with Crippen molar-refractivity contribution in [3.63, 3.8) is 0 Å². The van der Waals surface area contributed by atoms with Crippen LogP contribution in [-0.2, 0) is 21.1 Å². The van der Waals surface area contributed by atoms with Gasteiger partial charge in [0.1, 0.15) is 10.7 Å². The van der Waals surface area contributed by atoms with Gasteiger partial charge in [-0.25, -0.2) is 8.42 Å². The summed E-state index contributed by atoms with van der Waals surface area (Å²) in [6.07, 6.45) is 1.21. The third-order valence-corrected chi connectivity index (χ3v) is 3.51. The van der Waals surface area contributed by atoms with Gasteiger partial charge in [0.05, 0.1) is 12.1 Å². The smallest absolute Gasteiger partial charge is 0.179 e. The van der Waals surface area contributed by atoms with Crippen molar-refractivity contribution < 1.29 is 17.9 Å². The van der Waals surface area contributed by atoms with Crippen LogP contribution < -0.4 is 4.74 Å². The van der Waals surface area contributed by atoms with Gasteiger partial charge in [-0.05, 0) is 24.6 Å². The van der Waals surface area contributed by atoms with Crippen LogP contribution in [0.2, 0.25) is 5.02 Å². The van der Waals surface area contributed by atoms with Gasteiger partial charge in [-0.15, -0.1) is 0 Å². The average molecular weight is 277 g/mol. The van der Waals surface area contributed by atoms with E-state index < -0.39 is 9.84 Å². The summed E-state index contributed by atoms with van der Waals surface area (Å²) < 4.78 is 28.1. The van der Waals surface area contributed by atoms with Crippen molar-refractivity contribution in [3.05, 3.63) is 22.7 Å². The largest absolute Gasteiger partial charge is 0.494 e. The predicted octanol–water partition coefficient (Wildman–Crippen LogP) is 1.88. The van der Waals surface area contributed by atoms with Crippen LogP contribution in [0.25, 0.3) is 0 Å². The van der Waals surface area contributed by atoms with Crippen LogP contribution >= 0.6 is 11.6 Å². The highest BCUT2D eigenvalue weighted by atomic mass is 35.5. The maximum absolute atomic E-state index is 11.6. The van der Waals surface area contributed by atoms with Gasteiger partial charge in [-0.1, -0.05) is 11.6 Å². The number of carbonyl (C=O) groups excluding carboxylic acids is 1. The summed E-state index contributed by atoms with van der Waals surface area (Å²) in [4.78, 5) is 11.0. The minimum Gasteiger partial charge on any atom is -0.494 e. The van der Waals surface area contributed by atoms with E-state index in [2.05, 4.69) is 0 Å². The third kappa shape index (κ3) is 3.44. The second-order valence-electron chi connectivity index (χ2n) is 3.76. The minimum absolute atomic E-state index is 0.00347. The lowest BCUT2D eigenvalue weighted by atomic mass is 10.1. The van der Waals surface area contributed by atoms with Crippen molar-refractivity contribution in [3.8, 4) is 5.75 Å². The molecular formula is C11H13ClO4S. The zero-order chi connectivity index (χ0) is 13.2. The van der Waals surface area contributed by atoms with Crippen LogP contribution in [0.3, 0.4) is 0 Å². The normalized spacial score (nSPS) is 11.3. The molecule has 0 saturated carbocycles. The number of benzene rings is 1. The van der Waals surface area contributed by atoms with Gasteiger partial charge >= 0.3 is 0 Å². The summed E-state index contributed by atoms with van der Waals surface area (Å²) >= 11 is 5.92. The molecule has 0 amide bonds. The number of carbonyl (C=O) groups is 1. The summed E-state index contributed by atoms with van der Waals surface area (Å²) in [6, 6.07) is 2.96. The van der Waals surface area contributed by atoms with Crippen LogP contribution in [0.15, 0.2) is 17.0 Å². The molecule has 1 rings (SSSR count). The quantitative estimate of drug-likeness (QED) is 0.842. The van der Waals surface area contributed by atoms with E-state index in [9.17, 15) is 13.2 Å².